The van der Waals surface area contributed by atoms with E-state index in [0.29, 0.717) is 0 Å². The summed E-state index contributed by atoms with van der Waals surface area (Å²) < 4.78 is 2.34. The lowest BCUT2D eigenvalue weighted by Crippen LogP contribution is -2.50. The lowest BCUT2D eigenvalue weighted by Gasteiger charge is -2.21. The highest BCUT2D eigenvalue weighted by atomic mass is 15.0. The van der Waals surface area contributed by atoms with Crippen LogP contribution in [0.4, 0.5) is 0 Å². The van der Waals surface area contributed by atoms with Crippen LogP contribution in [-0.4, -0.2) is 0 Å². The maximum Gasteiger partial charge on any atom is 0.173 e. The van der Waals surface area contributed by atoms with Crippen molar-refractivity contribution < 1.29 is 4.57 Å². The number of aromatic nitrogens is 1. The van der Waals surface area contributed by atoms with Gasteiger partial charge < -0.3 is 0 Å². The lowest BCUT2D eigenvalue weighted by molar-refractivity contribution is -0.754. The Hall–Kier alpha value is -0.850. The zero-order valence-electron chi connectivity index (χ0n) is 11.9. The van der Waals surface area contributed by atoms with E-state index in [1.807, 2.05) is 0 Å². The monoisotopic (exact) mass is 220 g/mol. The van der Waals surface area contributed by atoms with Crippen LogP contribution in [-0.2, 0) is 17.4 Å². The molecule has 1 heteroatoms. The summed E-state index contributed by atoms with van der Waals surface area (Å²) in [5, 5.41) is 0. The minimum Gasteiger partial charge on any atom is -0.200 e. The fourth-order valence-corrected chi connectivity index (χ4v) is 1.63. The second kappa shape index (κ2) is 4.20. The molecule has 1 nitrogen and oxygen atoms in total. The van der Waals surface area contributed by atoms with Crippen LogP contribution in [0, 0.1) is 0 Å². The number of rotatable bonds is 1. The Morgan fingerprint density at radius 2 is 1.56 bits per heavy atom. The van der Waals surface area contributed by atoms with Gasteiger partial charge in [-0.05, 0) is 17.9 Å². The Morgan fingerprint density at radius 3 is 1.94 bits per heavy atom. The summed E-state index contributed by atoms with van der Waals surface area (Å²) in [5.74, 6) is 0. The van der Waals surface area contributed by atoms with Gasteiger partial charge in [0.1, 0.15) is 0 Å². The van der Waals surface area contributed by atoms with Crippen molar-refractivity contribution in [3.8, 4) is 0 Å². The second-order valence-electron chi connectivity index (χ2n) is 6.61. The van der Waals surface area contributed by atoms with Gasteiger partial charge in [-0.2, -0.15) is 0 Å². The van der Waals surface area contributed by atoms with Crippen molar-refractivity contribution >= 4 is 0 Å². The molecule has 0 unspecified atom stereocenters. The van der Waals surface area contributed by atoms with Gasteiger partial charge in [0.2, 0.25) is 0 Å². The number of nitrogens with zero attached hydrogens (tertiary/aromatic N) is 1. The molecule has 1 rings (SSSR count). The van der Waals surface area contributed by atoms with Crippen molar-refractivity contribution in [1.29, 1.82) is 0 Å². The van der Waals surface area contributed by atoms with Crippen molar-refractivity contribution in [2.24, 2.45) is 0 Å². The van der Waals surface area contributed by atoms with Crippen LogP contribution in [0.1, 0.15) is 59.6 Å². The van der Waals surface area contributed by atoms with Gasteiger partial charge in [-0.15, -0.1) is 0 Å². The van der Waals surface area contributed by atoms with Crippen LogP contribution < -0.4 is 4.57 Å². The van der Waals surface area contributed by atoms with Crippen LogP contribution in [0.5, 0.6) is 0 Å². The standard InChI is InChI=1S/C15H26N/c1-8-12-9-13(14(2,3)4)11-16(10-12)15(5,6)7/h9-11H,8H2,1-7H3/q+1. The molecule has 1 aromatic rings. The van der Waals surface area contributed by atoms with Gasteiger partial charge in [-0.3, -0.25) is 0 Å². The molecule has 16 heavy (non-hydrogen) atoms. The molecule has 0 radical (unpaired) electrons. The Kier molecular flexibility index (Phi) is 3.47. The predicted molar refractivity (Wildman–Crippen MR) is 69.7 cm³/mol. The summed E-state index contributed by atoms with van der Waals surface area (Å²) in [6, 6.07) is 2.34. The van der Waals surface area contributed by atoms with E-state index in [1.165, 1.54) is 11.1 Å². The summed E-state index contributed by atoms with van der Waals surface area (Å²) in [7, 11) is 0. The maximum atomic E-state index is 2.34. The zero-order valence-corrected chi connectivity index (χ0v) is 11.9. The van der Waals surface area contributed by atoms with E-state index in [4.69, 9.17) is 0 Å². The lowest BCUT2D eigenvalue weighted by atomic mass is 9.87. The van der Waals surface area contributed by atoms with Gasteiger partial charge >= 0.3 is 0 Å². The highest BCUT2D eigenvalue weighted by Gasteiger charge is 2.25. The first kappa shape index (κ1) is 13.2. The van der Waals surface area contributed by atoms with Crippen LogP contribution in [0.3, 0.4) is 0 Å². The average Bonchev–Trinajstić information content (AvgIpc) is 2.14. The van der Waals surface area contributed by atoms with E-state index in [2.05, 4.69) is 71.5 Å². The molecule has 90 valence electrons. The van der Waals surface area contributed by atoms with Gasteiger partial charge in [0.25, 0.3) is 0 Å². The molecule has 0 aliphatic rings. The fraction of sp³-hybridized carbons (Fsp3) is 0.667. The number of hydrogen-bond donors (Lipinski definition) is 0. The van der Waals surface area contributed by atoms with Crippen LogP contribution in [0.2, 0.25) is 0 Å². The smallest absolute Gasteiger partial charge is 0.173 e. The first-order chi connectivity index (χ1) is 7.14. The molecule has 0 fully saturated rings. The summed E-state index contributed by atoms with van der Waals surface area (Å²) >= 11 is 0. The van der Waals surface area contributed by atoms with E-state index in [-0.39, 0.29) is 11.0 Å². The summed E-state index contributed by atoms with van der Waals surface area (Å²) in [6.45, 7) is 15.8. The van der Waals surface area contributed by atoms with Gasteiger partial charge in [0.15, 0.2) is 17.9 Å². The third-order valence-corrected chi connectivity index (χ3v) is 2.97. The van der Waals surface area contributed by atoms with E-state index in [1.54, 1.807) is 0 Å². The molecule has 0 saturated carbocycles. The third kappa shape index (κ3) is 3.07. The fourth-order valence-electron chi connectivity index (χ4n) is 1.63. The molecule has 1 aromatic heterocycles. The molecule has 0 aliphatic carbocycles. The van der Waals surface area contributed by atoms with E-state index in [9.17, 15) is 0 Å². The third-order valence-electron chi connectivity index (χ3n) is 2.97. The SMILES string of the molecule is CCc1cc(C(C)(C)C)c[n+](C(C)(C)C)c1. The van der Waals surface area contributed by atoms with Crippen molar-refractivity contribution in [2.45, 2.75) is 65.8 Å². The van der Waals surface area contributed by atoms with Gasteiger partial charge in [-0.1, -0.05) is 27.7 Å². The van der Waals surface area contributed by atoms with E-state index >= 15 is 0 Å². The van der Waals surface area contributed by atoms with E-state index in [0.717, 1.165) is 6.42 Å². The molecule has 0 N–H and O–H groups in total. The number of hydrogen-bond acceptors (Lipinski definition) is 0. The van der Waals surface area contributed by atoms with E-state index < -0.39 is 0 Å². The quantitative estimate of drug-likeness (QED) is 0.637. The topological polar surface area (TPSA) is 3.88 Å². The Morgan fingerprint density at radius 1 is 1.00 bits per heavy atom. The normalized spacial score (nSPS) is 12.9. The highest BCUT2D eigenvalue weighted by molar-refractivity contribution is 5.22. The molecule has 0 atom stereocenters. The van der Waals surface area contributed by atoms with Crippen molar-refractivity contribution in [1.82, 2.24) is 0 Å². The second-order valence-corrected chi connectivity index (χ2v) is 6.61. The van der Waals surface area contributed by atoms with Crippen molar-refractivity contribution in [2.75, 3.05) is 0 Å². The minimum absolute atomic E-state index is 0.158. The van der Waals surface area contributed by atoms with Crippen LogP contribution >= 0.6 is 0 Å². The first-order valence-corrected chi connectivity index (χ1v) is 6.21. The number of aryl methyl sites for hydroxylation is 1. The van der Waals surface area contributed by atoms with Gasteiger partial charge in [-0.25, -0.2) is 4.57 Å². The largest absolute Gasteiger partial charge is 0.200 e. The molecule has 0 bridgehead atoms. The highest BCUT2D eigenvalue weighted by Crippen LogP contribution is 2.22. The van der Waals surface area contributed by atoms with Crippen LogP contribution in [0.15, 0.2) is 18.5 Å². The van der Waals surface area contributed by atoms with Gasteiger partial charge in [0, 0.05) is 31.9 Å². The molecule has 0 aliphatic heterocycles. The van der Waals surface area contributed by atoms with Crippen LogP contribution in [0.25, 0.3) is 0 Å². The zero-order chi connectivity index (χ0) is 12.6. The first-order valence-electron chi connectivity index (χ1n) is 6.21. The molecule has 0 aromatic carbocycles. The minimum atomic E-state index is 0.158. The molecule has 0 spiro atoms. The van der Waals surface area contributed by atoms with Crippen molar-refractivity contribution in [3.05, 3.63) is 29.6 Å². The molecular weight excluding hydrogens is 194 g/mol. The predicted octanol–water partition coefficient (Wildman–Crippen LogP) is 3.59. The van der Waals surface area contributed by atoms with Gasteiger partial charge in [0.05, 0.1) is 0 Å². The maximum absolute atomic E-state index is 2.34. The Labute approximate surface area is 101 Å². The number of pyridine rings is 1. The molecular formula is C15H26N+. The molecule has 1 heterocycles. The summed E-state index contributed by atoms with van der Waals surface area (Å²) in [6.07, 6.45) is 5.66. The summed E-state index contributed by atoms with van der Waals surface area (Å²) in [4.78, 5) is 0. The average molecular weight is 220 g/mol. The van der Waals surface area contributed by atoms with Crippen molar-refractivity contribution in [3.63, 3.8) is 0 Å². The molecule has 0 saturated heterocycles. The molecule has 0 amide bonds. The summed E-state index contributed by atoms with van der Waals surface area (Å²) in [5.41, 5.74) is 3.22. The Bertz CT molecular complexity index is 332. The Balaban J connectivity index is 3.33.